The van der Waals surface area contributed by atoms with E-state index >= 15 is 0 Å². The average molecular weight is 379 g/mol. The van der Waals surface area contributed by atoms with Gasteiger partial charge >= 0.3 is 5.63 Å². The Hall–Kier alpha value is -3.28. The number of benzene rings is 2. The monoisotopic (exact) mass is 379 g/mol. The molecule has 0 aliphatic carbocycles. The maximum Gasteiger partial charge on any atom is 0.336 e. The van der Waals surface area contributed by atoms with Crippen LogP contribution in [0.3, 0.4) is 0 Å². The van der Waals surface area contributed by atoms with Gasteiger partial charge in [0.15, 0.2) is 0 Å². The fraction of sp³-hybridized carbons (Fsp3) is 0.273. The van der Waals surface area contributed by atoms with Crippen molar-refractivity contribution in [3.05, 3.63) is 69.1 Å². The van der Waals surface area contributed by atoms with E-state index in [0.717, 1.165) is 33.4 Å². The lowest BCUT2D eigenvalue weighted by atomic mass is 9.90. The van der Waals surface area contributed by atoms with Crippen molar-refractivity contribution >= 4 is 16.7 Å². The van der Waals surface area contributed by atoms with E-state index in [0.29, 0.717) is 29.9 Å². The second kappa shape index (κ2) is 7.03. The van der Waals surface area contributed by atoms with Crippen LogP contribution >= 0.6 is 0 Å². The first kappa shape index (κ1) is 18.1. The highest BCUT2D eigenvalue weighted by Gasteiger charge is 2.31. The molecule has 0 saturated heterocycles. The van der Waals surface area contributed by atoms with Gasteiger partial charge < -0.3 is 19.1 Å². The third-order valence-electron chi connectivity index (χ3n) is 5.18. The van der Waals surface area contributed by atoms with Gasteiger partial charge in [0.2, 0.25) is 0 Å². The van der Waals surface area contributed by atoms with Crippen LogP contribution in [0.4, 0.5) is 0 Å². The summed E-state index contributed by atoms with van der Waals surface area (Å²) in [6, 6.07) is 10.9. The van der Waals surface area contributed by atoms with Crippen molar-refractivity contribution < 1.29 is 19.1 Å². The quantitative estimate of drug-likeness (QED) is 0.415. The third kappa shape index (κ3) is 2.91. The summed E-state index contributed by atoms with van der Waals surface area (Å²) in [5.74, 6) is 1.35. The van der Waals surface area contributed by atoms with E-state index in [1.165, 1.54) is 6.07 Å². The molecular weight excluding hydrogens is 358 g/mol. The van der Waals surface area contributed by atoms with Crippen molar-refractivity contribution in [2.24, 2.45) is 5.16 Å². The van der Waals surface area contributed by atoms with Crippen LogP contribution in [0.5, 0.6) is 11.5 Å². The van der Waals surface area contributed by atoms with E-state index in [9.17, 15) is 10.0 Å². The van der Waals surface area contributed by atoms with Crippen molar-refractivity contribution in [1.29, 1.82) is 0 Å². The Morgan fingerprint density at radius 3 is 2.64 bits per heavy atom. The molecule has 1 atom stereocenters. The Labute approximate surface area is 162 Å². The van der Waals surface area contributed by atoms with Gasteiger partial charge in [-0.15, -0.1) is 0 Å². The highest BCUT2D eigenvalue weighted by Crippen LogP contribution is 2.43. The number of methoxy groups -OCH3 is 1. The summed E-state index contributed by atoms with van der Waals surface area (Å²) < 4.78 is 17.1. The number of nitrogens with zero attached hydrogens (tertiary/aromatic N) is 1. The Balaban J connectivity index is 1.93. The lowest BCUT2D eigenvalue weighted by Crippen LogP contribution is -2.23. The second-order valence-corrected chi connectivity index (χ2v) is 6.85. The third-order valence-corrected chi connectivity index (χ3v) is 5.18. The summed E-state index contributed by atoms with van der Waals surface area (Å²) in [6.07, 6.45) is 0.756. The Kier molecular flexibility index (Phi) is 4.55. The highest BCUT2D eigenvalue weighted by molar-refractivity contribution is 6.09. The molecular formula is C22H21NO5. The molecule has 4 rings (SSSR count). The number of rotatable bonds is 3. The number of oxime groups is 1. The zero-order valence-corrected chi connectivity index (χ0v) is 16.0. The zero-order chi connectivity index (χ0) is 19.8. The number of hydrogen-bond donors (Lipinski definition) is 1. The first-order valence-electron chi connectivity index (χ1n) is 9.18. The van der Waals surface area contributed by atoms with Crippen molar-refractivity contribution in [2.45, 2.75) is 32.8 Å². The fourth-order valence-electron chi connectivity index (χ4n) is 3.81. The molecule has 6 heteroatoms. The van der Waals surface area contributed by atoms with Crippen LogP contribution in [0.2, 0.25) is 0 Å². The number of ether oxygens (including phenoxy) is 2. The molecule has 144 valence electrons. The summed E-state index contributed by atoms with van der Waals surface area (Å²) in [6.45, 7) is 3.87. The topological polar surface area (TPSA) is 81.3 Å². The van der Waals surface area contributed by atoms with E-state index in [4.69, 9.17) is 13.9 Å². The molecule has 2 aromatic carbocycles. The maximum absolute atomic E-state index is 11.9. The summed E-state index contributed by atoms with van der Waals surface area (Å²) in [5.41, 5.74) is 4.02. The molecule has 0 amide bonds. The van der Waals surface area contributed by atoms with Crippen LogP contribution in [-0.4, -0.2) is 18.0 Å². The molecule has 1 unspecified atom stereocenters. The van der Waals surface area contributed by atoms with Crippen molar-refractivity contribution in [2.75, 3.05) is 7.11 Å². The van der Waals surface area contributed by atoms with Gasteiger partial charge in [-0.25, -0.2) is 4.79 Å². The van der Waals surface area contributed by atoms with Gasteiger partial charge in [-0.05, 0) is 48.2 Å². The van der Waals surface area contributed by atoms with Crippen LogP contribution in [0, 0.1) is 6.92 Å². The van der Waals surface area contributed by atoms with E-state index in [2.05, 4.69) is 5.16 Å². The molecule has 0 spiro atoms. The summed E-state index contributed by atoms with van der Waals surface area (Å²) >= 11 is 0. The first-order chi connectivity index (χ1) is 13.5. The van der Waals surface area contributed by atoms with Crippen LogP contribution in [0.25, 0.3) is 11.0 Å². The summed E-state index contributed by atoms with van der Waals surface area (Å²) in [7, 11) is 1.62. The van der Waals surface area contributed by atoms with Crippen LogP contribution in [0.15, 0.2) is 50.8 Å². The van der Waals surface area contributed by atoms with Crippen molar-refractivity contribution in [3.8, 4) is 11.5 Å². The molecule has 1 aromatic heterocycles. The Bertz CT molecular complexity index is 1130. The fourth-order valence-corrected chi connectivity index (χ4v) is 3.81. The molecule has 0 radical (unpaired) electrons. The molecule has 1 aliphatic heterocycles. The Morgan fingerprint density at radius 2 is 2.00 bits per heavy atom. The second-order valence-electron chi connectivity index (χ2n) is 6.85. The molecule has 1 aliphatic rings. The minimum absolute atomic E-state index is 0.328. The minimum atomic E-state index is -0.387. The van der Waals surface area contributed by atoms with Crippen LogP contribution in [-0.2, 0) is 6.42 Å². The molecule has 2 heterocycles. The summed E-state index contributed by atoms with van der Waals surface area (Å²) in [4.78, 5) is 11.9. The van der Waals surface area contributed by atoms with E-state index in [1.54, 1.807) is 13.2 Å². The molecule has 1 N–H and O–H groups in total. The maximum atomic E-state index is 11.9. The minimum Gasteiger partial charge on any atom is -0.497 e. The normalized spacial score (nSPS) is 17.4. The molecule has 28 heavy (non-hydrogen) atoms. The van der Waals surface area contributed by atoms with Crippen molar-refractivity contribution in [3.63, 3.8) is 0 Å². The molecule has 0 fully saturated rings. The molecule has 3 aromatic rings. The smallest absolute Gasteiger partial charge is 0.336 e. The molecule has 0 saturated carbocycles. The molecule has 6 nitrogen and oxygen atoms in total. The predicted molar refractivity (Wildman–Crippen MR) is 106 cm³/mol. The van der Waals surface area contributed by atoms with Gasteiger partial charge in [-0.3, -0.25) is 0 Å². The van der Waals surface area contributed by atoms with Crippen LogP contribution in [0.1, 0.15) is 41.7 Å². The van der Waals surface area contributed by atoms with E-state index in [1.807, 2.05) is 38.1 Å². The van der Waals surface area contributed by atoms with Gasteiger partial charge in [0.25, 0.3) is 0 Å². The van der Waals surface area contributed by atoms with Gasteiger partial charge in [-0.2, -0.15) is 0 Å². The standard InChI is InChI=1S/C22H21NO5/c1-4-13-10-19(24)27-18-9-12(2)20-16(23-25)11-17(28-22(20)21(13)18)14-5-7-15(26-3)8-6-14/h5-10,17,25H,4,11H2,1-3H3/b23-16+. The van der Waals surface area contributed by atoms with Gasteiger partial charge in [0, 0.05) is 18.1 Å². The van der Waals surface area contributed by atoms with Gasteiger partial charge in [0.05, 0.1) is 18.2 Å². The van der Waals surface area contributed by atoms with Crippen molar-refractivity contribution in [1.82, 2.24) is 0 Å². The highest BCUT2D eigenvalue weighted by atomic mass is 16.5. The predicted octanol–water partition coefficient (Wildman–Crippen LogP) is 4.37. The van der Waals surface area contributed by atoms with E-state index < -0.39 is 0 Å². The average Bonchev–Trinajstić information content (AvgIpc) is 2.72. The van der Waals surface area contributed by atoms with Gasteiger partial charge in [-0.1, -0.05) is 24.2 Å². The lowest BCUT2D eigenvalue weighted by Gasteiger charge is -2.29. The largest absolute Gasteiger partial charge is 0.497 e. The van der Waals surface area contributed by atoms with Crippen LogP contribution < -0.4 is 15.1 Å². The number of hydrogen-bond acceptors (Lipinski definition) is 6. The SMILES string of the molecule is CCc1cc(=O)oc2cc(C)c3c(c12)OC(c1ccc(OC)cc1)C/C3=N\O. The lowest BCUT2D eigenvalue weighted by molar-refractivity contribution is 0.205. The molecule has 0 bridgehead atoms. The number of aryl methyl sites for hydroxylation is 2. The summed E-state index contributed by atoms with van der Waals surface area (Å²) in [5, 5.41) is 14.0. The number of fused-ring (bicyclic) bond motifs is 3. The Morgan fingerprint density at radius 1 is 1.25 bits per heavy atom. The van der Waals surface area contributed by atoms with E-state index in [-0.39, 0.29) is 11.7 Å². The zero-order valence-electron chi connectivity index (χ0n) is 16.0. The van der Waals surface area contributed by atoms with Gasteiger partial charge in [0.1, 0.15) is 23.2 Å². The first-order valence-corrected chi connectivity index (χ1v) is 9.18.